The Morgan fingerprint density at radius 1 is 0.848 bits per heavy atom. The van der Waals surface area contributed by atoms with E-state index in [9.17, 15) is 4.79 Å². The molecule has 0 spiro atoms. The average Bonchev–Trinajstić information content (AvgIpc) is 3.25. The average molecular weight is 448 g/mol. The van der Waals surface area contributed by atoms with E-state index in [1.54, 1.807) is 0 Å². The minimum absolute atomic E-state index is 0.125. The Morgan fingerprint density at radius 2 is 1.64 bits per heavy atom. The molecule has 0 aliphatic carbocycles. The highest BCUT2D eigenvalue weighted by Crippen LogP contribution is 2.30. The van der Waals surface area contributed by atoms with E-state index in [2.05, 4.69) is 17.1 Å². The van der Waals surface area contributed by atoms with Crippen molar-refractivity contribution in [3.8, 4) is 23.0 Å². The number of carbonyl (C=O) groups is 1. The topological polar surface area (TPSA) is 70.8 Å². The predicted octanol–water partition coefficient (Wildman–Crippen LogP) is 6.55. The van der Waals surface area contributed by atoms with Crippen molar-refractivity contribution < 1.29 is 23.4 Å². The molecular weight excluding hydrogens is 418 g/mol. The highest BCUT2D eigenvalue weighted by atomic mass is 16.5. The second-order valence-electron chi connectivity index (χ2n) is 7.77. The molecule has 33 heavy (non-hydrogen) atoms. The van der Waals surface area contributed by atoms with Crippen LogP contribution in [0.15, 0.2) is 59.0 Å². The first-order valence-electron chi connectivity index (χ1n) is 11.5. The summed E-state index contributed by atoms with van der Waals surface area (Å²) in [5.41, 5.74) is 2.44. The molecule has 0 radical (unpaired) electrons. The SMILES string of the molecule is CCOC(=O)CCCCCOc1ccc2cc(-c3nc4ccc(OCC)cc4o3)ccc2c1. The maximum Gasteiger partial charge on any atom is 0.305 e. The summed E-state index contributed by atoms with van der Waals surface area (Å²) in [4.78, 5) is 16.0. The number of benzene rings is 3. The van der Waals surface area contributed by atoms with Gasteiger partial charge in [0.25, 0.3) is 0 Å². The van der Waals surface area contributed by atoms with Gasteiger partial charge in [-0.3, -0.25) is 4.79 Å². The normalized spacial score (nSPS) is 11.1. The van der Waals surface area contributed by atoms with Gasteiger partial charge in [-0.05, 0) is 80.3 Å². The molecule has 0 atom stereocenters. The Morgan fingerprint density at radius 3 is 2.48 bits per heavy atom. The number of ether oxygens (including phenoxy) is 3. The fourth-order valence-corrected chi connectivity index (χ4v) is 3.70. The number of oxazole rings is 1. The molecule has 0 aliphatic rings. The number of aromatic nitrogens is 1. The fourth-order valence-electron chi connectivity index (χ4n) is 3.70. The van der Waals surface area contributed by atoms with E-state index in [0.29, 0.717) is 37.7 Å². The van der Waals surface area contributed by atoms with Gasteiger partial charge in [0.1, 0.15) is 17.0 Å². The standard InChI is InChI=1S/C27H29NO5/c1-3-30-23-13-14-24-25(18-23)33-27(28-24)21-10-9-20-17-22(12-11-19(20)16-21)32-15-7-5-6-8-26(29)31-4-2/h9-14,16-18H,3-8,15H2,1-2H3. The number of carbonyl (C=O) groups excluding carboxylic acids is 1. The molecule has 0 fully saturated rings. The lowest BCUT2D eigenvalue weighted by molar-refractivity contribution is -0.143. The summed E-state index contributed by atoms with van der Waals surface area (Å²) in [7, 11) is 0. The monoisotopic (exact) mass is 447 g/mol. The van der Waals surface area contributed by atoms with Gasteiger partial charge in [-0.15, -0.1) is 0 Å². The summed E-state index contributed by atoms with van der Waals surface area (Å²) >= 11 is 0. The molecule has 4 aromatic rings. The van der Waals surface area contributed by atoms with E-state index in [1.807, 2.05) is 56.3 Å². The lowest BCUT2D eigenvalue weighted by Crippen LogP contribution is -2.04. The number of unbranched alkanes of at least 4 members (excludes halogenated alkanes) is 2. The van der Waals surface area contributed by atoms with Gasteiger partial charge >= 0.3 is 5.97 Å². The van der Waals surface area contributed by atoms with Gasteiger partial charge in [-0.1, -0.05) is 12.1 Å². The summed E-state index contributed by atoms with van der Waals surface area (Å²) in [6.45, 7) is 5.45. The highest BCUT2D eigenvalue weighted by Gasteiger charge is 2.10. The second-order valence-corrected chi connectivity index (χ2v) is 7.77. The van der Waals surface area contributed by atoms with Crippen LogP contribution in [-0.4, -0.2) is 30.8 Å². The molecule has 0 bridgehead atoms. The van der Waals surface area contributed by atoms with Crippen LogP contribution < -0.4 is 9.47 Å². The summed E-state index contributed by atoms with van der Waals surface area (Å²) in [5, 5.41) is 2.18. The fraction of sp³-hybridized carbons (Fsp3) is 0.333. The van der Waals surface area contributed by atoms with Crippen molar-refractivity contribution in [2.45, 2.75) is 39.5 Å². The molecule has 172 valence electrons. The van der Waals surface area contributed by atoms with Crippen LogP contribution in [0.2, 0.25) is 0 Å². The van der Waals surface area contributed by atoms with Crippen molar-refractivity contribution in [2.75, 3.05) is 19.8 Å². The van der Waals surface area contributed by atoms with Crippen LogP contribution in [0, 0.1) is 0 Å². The molecule has 0 saturated heterocycles. The molecule has 0 saturated carbocycles. The lowest BCUT2D eigenvalue weighted by Gasteiger charge is -2.08. The Balaban J connectivity index is 1.37. The number of rotatable bonds is 11. The van der Waals surface area contributed by atoms with Crippen LogP contribution in [0.3, 0.4) is 0 Å². The molecule has 6 nitrogen and oxygen atoms in total. The summed E-state index contributed by atoms with van der Waals surface area (Å²) in [6.07, 6.45) is 3.14. The van der Waals surface area contributed by atoms with Crippen molar-refractivity contribution in [2.24, 2.45) is 0 Å². The van der Waals surface area contributed by atoms with E-state index in [0.717, 1.165) is 52.6 Å². The van der Waals surface area contributed by atoms with Crippen LogP contribution >= 0.6 is 0 Å². The van der Waals surface area contributed by atoms with Crippen molar-refractivity contribution in [3.63, 3.8) is 0 Å². The van der Waals surface area contributed by atoms with Crippen molar-refractivity contribution >= 4 is 27.8 Å². The van der Waals surface area contributed by atoms with E-state index in [1.165, 1.54) is 0 Å². The Kier molecular flexibility index (Phi) is 7.45. The molecule has 3 aromatic carbocycles. The zero-order chi connectivity index (χ0) is 23.0. The number of hydrogen-bond donors (Lipinski definition) is 0. The molecule has 1 aromatic heterocycles. The van der Waals surface area contributed by atoms with Crippen LogP contribution in [0.1, 0.15) is 39.5 Å². The minimum atomic E-state index is -0.125. The zero-order valence-electron chi connectivity index (χ0n) is 19.1. The molecule has 0 unspecified atom stereocenters. The van der Waals surface area contributed by atoms with Crippen LogP contribution in [0.5, 0.6) is 11.5 Å². The van der Waals surface area contributed by atoms with Gasteiger partial charge in [0.15, 0.2) is 5.58 Å². The number of esters is 1. The minimum Gasteiger partial charge on any atom is -0.494 e. The maximum absolute atomic E-state index is 11.4. The zero-order valence-corrected chi connectivity index (χ0v) is 19.1. The van der Waals surface area contributed by atoms with Crippen LogP contribution in [0.25, 0.3) is 33.3 Å². The van der Waals surface area contributed by atoms with Crippen molar-refractivity contribution in [3.05, 3.63) is 54.6 Å². The third kappa shape index (κ3) is 5.83. The third-order valence-electron chi connectivity index (χ3n) is 5.33. The number of nitrogens with zero attached hydrogens (tertiary/aromatic N) is 1. The maximum atomic E-state index is 11.4. The number of hydrogen-bond acceptors (Lipinski definition) is 6. The van der Waals surface area contributed by atoms with Crippen LogP contribution in [0.4, 0.5) is 0 Å². The molecule has 6 heteroatoms. The van der Waals surface area contributed by atoms with Gasteiger partial charge in [-0.25, -0.2) is 4.98 Å². The first kappa shape index (κ1) is 22.6. The smallest absolute Gasteiger partial charge is 0.305 e. The first-order valence-corrected chi connectivity index (χ1v) is 11.5. The number of fused-ring (bicyclic) bond motifs is 2. The molecule has 0 aliphatic heterocycles. The molecule has 1 heterocycles. The molecule has 4 rings (SSSR count). The van der Waals surface area contributed by atoms with Gasteiger partial charge in [-0.2, -0.15) is 0 Å². The Hall–Kier alpha value is -3.54. The van der Waals surface area contributed by atoms with Gasteiger partial charge in [0.2, 0.25) is 5.89 Å². The third-order valence-corrected chi connectivity index (χ3v) is 5.33. The highest BCUT2D eigenvalue weighted by molar-refractivity contribution is 5.88. The Labute approximate surface area is 193 Å². The predicted molar refractivity (Wildman–Crippen MR) is 129 cm³/mol. The summed E-state index contributed by atoms with van der Waals surface area (Å²) in [5.74, 6) is 2.08. The van der Waals surface area contributed by atoms with E-state index >= 15 is 0 Å². The quantitative estimate of drug-likeness (QED) is 0.192. The Bertz CT molecular complexity index is 1230. The lowest BCUT2D eigenvalue weighted by atomic mass is 10.1. The van der Waals surface area contributed by atoms with Crippen LogP contribution in [-0.2, 0) is 9.53 Å². The molecule has 0 amide bonds. The molecule has 0 N–H and O–H groups in total. The van der Waals surface area contributed by atoms with Gasteiger partial charge in [0.05, 0.1) is 19.8 Å². The van der Waals surface area contributed by atoms with E-state index in [4.69, 9.17) is 18.6 Å². The summed E-state index contributed by atoms with van der Waals surface area (Å²) < 4.78 is 22.4. The van der Waals surface area contributed by atoms with Crippen molar-refractivity contribution in [1.82, 2.24) is 4.98 Å². The first-order chi connectivity index (χ1) is 16.2. The van der Waals surface area contributed by atoms with Gasteiger partial charge < -0.3 is 18.6 Å². The largest absolute Gasteiger partial charge is 0.494 e. The molecular formula is C27H29NO5. The second kappa shape index (κ2) is 10.9. The van der Waals surface area contributed by atoms with E-state index < -0.39 is 0 Å². The van der Waals surface area contributed by atoms with Crippen molar-refractivity contribution in [1.29, 1.82) is 0 Å². The van der Waals surface area contributed by atoms with E-state index in [-0.39, 0.29) is 5.97 Å². The van der Waals surface area contributed by atoms with Gasteiger partial charge in [0, 0.05) is 18.1 Å². The summed E-state index contributed by atoms with van der Waals surface area (Å²) in [6, 6.07) is 17.9.